The smallest absolute Gasteiger partial charge is 0.376 e. The molecule has 0 spiro atoms. The molecular formula is C18H20F3N3O2S. The van der Waals surface area contributed by atoms with Crippen molar-refractivity contribution in [3.05, 3.63) is 46.2 Å². The van der Waals surface area contributed by atoms with Crippen LogP contribution in [-0.4, -0.2) is 32.5 Å². The van der Waals surface area contributed by atoms with Gasteiger partial charge in [-0.25, -0.2) is 0 Å². The molecule has 0 bridgehead atoms. The number of amides is 2. The van der Waals surface area contributed by atoms with Crippen molar-refractivity contribution in [2.75, 3.05) is 30.9 Å². The van der Waals surface area contributed by atoms with Crippen molar-refractivity contribution in [1.82, 2.24) is 5.32 Å². The Morgan fingerprint density at radius 2 is 1.93 bits per heavy atom. The van der Waals surface area contributed by atoms with Gasteiger partial charge in [-0.2, -0.15) is 24.5 Å². The Kier molecular flexibility index (Phi) is 6.84. The molecule has 2 aromatic rings. The number of nitrogens with one attached hydrogen (secondary N) is 2. The molecule has 1 heterocycles. The van der Waals surface area contributed by atoms with Crippen LogP contribution in [0, 0.1) is 0 Å². The van der Waals surface area contributed by atoms with Gasteiger partial charge >= 0.3 is 6.18 Å². The van der Waals surface area contributed by atoms with E-state index in [-0.39, 0.29) is 18.0 Å². The molecule has 0 unspecified atom stereocenters. The third-order valence-electron chi connectivity index (χ3n) is 3.73. The number of carbonyl (C=O) groups is 2. The van der Waals surface area contributed by atoms with Crippen LogP contribution in [0.25, 0.3) is 0 Å². The highest BCUT2D eigenvalue weighted by Gasteiger charge is 2.31. The highest BCUT2D eigenvalue weighted by atomic mass is 32.1. The van der Waals surface area contributed by atoms with Gasteiger partial charge in [0.2, 0.25) is 5.91 Å². The maximum atomic E-state index is 12.9. The molecule has 0 radical (unpaired) electrons. The second-order valence-electron chi connectivity index (χ2n) is 6.04. The van der Waals surface area contributed by atoms with E-state index in [2.05, 4.69) is 10.6 Å². The van der Waals surface area contributed by atoms with Gasteiger partial charge in [0.25, 0.3) is 5.91 Å². The van der Waals surface area contributed by atoms with Crippen molar-refractivity contribution in [1.29, 1.82) is 0 Å². The van der Waals surface area contributed by atoms with E-state index in [1.165, 1.54) is 17.4 Å². The summed E-state index contributed by atoms with van der Waals surface area (Å²) in [6, 6.07) is 4.92. The number of carbonyl (C=O) groups excluding carboxylic acids is 2. The first-order valence-corrected chi connectivity index (χ1v) is 9.11. The van der Waals surface area contributed by atoms with Gasteiger partial charge in [-0.05, 0) is 36.1 Å². The second-order valence-corrected chi connectivity index (χ2v) is 6.82. The number of hydrogen-bond acceptors (Lipinski definition) is 4. The number of rotatable bonds is 7. The van der Waals surface area contributed by atoms with Crippen molar-refractivity contribution in [2.24, 2.45) is 0 Å². The summed E-state index contributed by atoms with van der Waals surface area (Å²) >= 11 is 1.41. The van der Waals surface area contributed by atoms with Crippen molar-refractivity contribution < 1.29 is 22.8 Å². The molecule has 9 heteroatoms. The molecule has 0 saturated carbocycles. The first-order chi connectivity index (χ1) is 12.7. The summed E-state index contributed by atoms with van der Waals surface area (Å²) < 4.78 is 38.7. The van der Waals surface area contributed by atoms with E-state index in [9.17, 15) is 22.8 Å². The number of benzene rings is 1. The van der Waals surface area contributed by atoms with E-state index >= 15 is 0 Å². The number of thiophene rings is 1. The largest absolute Gasteiger partial charge is 0.416 e. The standard InChI is InChI=1S/C18H20F3N3O2S/c1-24(2)15-6-5-13(18(19,20)21)10-14(15)23-16(25)4-3-8-22-17(26)12-7-9-27-11-12/h5-7,9-11H,3-4,8H2,1-2H3,(H,22,26)(H,23,25). The van der Waals surface area contributed by atoms with Crippen LogP contribution in [0.3, 0.4) is 0 Å². The average molecular weight is 399 g/mol. The molecule has 0 fully saturated rings. The number of alkyl halides is 3. The molecule has 1 aromatic heterocycles. The van der Waals surface area contributed by atoms with E-state index in [4.69, 9.17) is 0 Å². The van der Waals surface area contributed by atoms with E-state index in [0.29, 0.717) is 24.2 Å². The van der Waals surface area contributed by atoms with Gasteiger partial charge in [-0.1, -0.05) is 0 Å². The maximum Gasteiger partial charge on any atom is 0.416 e. The molecule has 0 atom stereocenters. The fraction of sp³-hybridized carbons (Fsp3) is 0.333. The summed E-state index contributed by atoms with van der Waals surface area (Å²) in [4.78, 5) is 25.5. The Morgan fingerprint density at radius 3 is 2.52 bits per heavy atom. The summed E-state index contributed by atoms with van der Waals surface area (Å²) in [6.45, 7) is 0.297. The Bertz CT molecular complexity index is 790. The van der Waals surface area contributed by atoms with Gasteiger partial charge in [0.05, 0.1) is 16.9 Å². The van der Waals surface area contributed by atoms with Gasteiger partial charge in [0.1, 0.15) is 0 Å². The predicted molar refractivity (Wildman–Crippen MR) is 100 cm³/mol. The van der Waals surface area contributed by atoms with Crippen molar-refractivity contribution in [3.8, 4) is 0 Å². The number of nitrogens with zero attached hydrogens (tertiary/aromatic N) is 1. The lowest BCUT2D eigenvalue weighted by Crippen LogP contribution is -2.25. The predicted octanol–water partition coefficient (Wildman–Crippen LogP) is 3.98. The lowest BCUT2D eigenvalue weighted by atomic mass is 10.1. The van der Waals surface area contributed by atoms with Crippen LogP contribution in [0.5, 0.6) is 0 Å². The molecule has 2 amide bonds. The number of hydrogen-bond donors (Lipinski definition) is 2. The highest BCUT2D eigenvalue weighted by Crippen LogP contribution is 2.34. The third-order valence-corrected chi connectivity index (χ3v) is 4.41. The SMILES string of the molecule is CN(C)c1ccc(C(F)(F)F)cc1NC(=O)CCCNC(=O)c1ccsc1. The molecule has 146 valence electrons. The second kappa shape index (κ2) is 8.90. The first kappa shape index (κ1) is 20.8. The molecule has 5 nitrogen and oxygen atoms in total. The summed E-state index contributed by atoms with van der Waals surface area (Å²) in [7, 11) is 3.36. The molecule has 0 aliphatic heterocycles. The van der Waals surface area contributed by atoms with Gasteiger partial charge in [0.15, 0.2) is 0 Å². The zero-order chi connectivity index (χ0) is 20.0. The van der Waals surface area contributed by atoms with Crippen LogP contribution < -0.4 is 15.5 Å². The van der Waals surface area contributed by atoms with Crippen LogP contribution in [0.15, 0.2) is 35.0 Å². The maximum absolute atomic E-state index is 12.9. The molecule has 0 aliphatic rings. The fourth-order valence-corrected chi connectivity index (χ4v) is 3.00. The van der Waals surface area contributed by atoms with Crippen LogP contribution in [0.1, 0.15) is 28.8 Å². The van der Waals surface area contributed by atoms with E-state index < -0.39 is 17.6 Å². The van der Waals surface area contributed by atoms with E-state index in [1.54, 1.807) is 35.8 Å². The van der Waals surface area contributed by atoms with E-state index in [1.807, 2.05) is 0 Å². The summed E-state index contributed by atoms with van der Waals surface area (Å²) in [5.41, 5.74) is 0.305. The zero-order valence-corrected chi connectivity index (χ0v) is 15.7. The Balaban J connectivity index is 1.91. The first-order valence-electron chi connectivity index (χ1n) is 8.17. The Hall–Kier alpha value is -2.55. The Labute approximate surface area is 159 Å². The van der Waals surface area contributed by atoms with Crippen LogP contribution >= 0.6 is 11.3 Å². The average Bonchev–Trinajstić information content (AvgIpc) is 3.12. The molecular weight excluding hydrogens is 379 g/mol. The van der Waals surface area contributed by atoms with Gasteiger partial charge in [0, 0.05) is 38.0 Å². The molecule has 1 aromatic carbocycles. The molecule has 0 saturated heterocycles. The summed E-state index contributed by atoms with van der Waals surface area (Å²) in [5, 5.41) is 8.73. The van der Waals surface area contributed by atoms with Gasteiger partial charge in [-0.15, -0.1) is 0 Å². The minimum atomic E-state index is -4.49. The van der Waals surface area contributed by atoms with Gasteiger partial charge in [-0.3, -0.25) is 9.59 Å². The molecule has 27 heavy (non-hydrogen) atoms. The molecule has 0 aliphatic carbocycles. The summed E-state index contributed by atoms with van der Waals surface area (Å²) in [6.07, 6.45) is -4.04. The van der Waals surface area contributed by atoms with E-state index in [0.717, 1.165) is 12.1 Å². The van der Waals surface area contributed by atoms with Crippen LogP contribution in [0.2, 0.25) is 0 Å². The number of halogens is 3. The normalized spacial score (nSPS) is 11.1. The topological polar surface area (TPSA) is 61.4 Å². The lowest BCUT2D eigenvalue weighted by molar-refractivity contribution is -0.137. The number of anilines is 2. The van der Waals surface area contributed by atoms with Gasteiger partial charge < -0.3 is 15.5 Å². The summed E-state index contributed by atoms with van der Waals surface area (Å²) in [5.74, 6) is -0.633. The third kappa shape index (κ3) is 5.99. The quantitative estimate of drug-likeness (QED) is 0.693. The van der Waals surface area contributed by atoms with Crippen LogP contribution in [-0.2, 0) is 11.0 Å². The Morgan fingerprint density at radius 1 is 1.19 bits per heavy atom. The minimum Gasteiger partial charge on any atom is -0.376 e. The lowest BCUT2D eigenvalue weighted by Gasteiger charge is -2.19. The highest BCUT2D eigenvalue weighted by molar-refractivity contribution is 7.08. The van der Waals surface area contributed by atoms with Crippen molar-refractivity contribution >= 4 is 34.5 Å². The molecule has 2 N–H and O–H groups in total. The zero-order valence-electron chi connectivity index (χ0n) is 14.9. The van der Waals surface area contributed by atoms with Crippen molar-refractivity contribution in [3.63, 3.8) is 0 Å². The molecule has 2 rings (SSSR count). The monoisotopic (exact) mass is 399 g/mol. The van der Waals surface area contributed by atoms with Crippen LogP contribution in [0.4, 0.5) is 24.5 Å². The van der Waals surface area contributed by atoms with Crippen molar-refractivity contribution in [2.45, 2.75) is 19.0 Å². The fourth-order valence-electron chi connectivity index (χ4n) is 2.36. The minimum absolute atomic E-state index is 0.0764.